The molecule has 1 saturated heterocycles. The van der Waals surface area contributed by atoms with Crippen LogP contribution in [0.1, 0.15) is 5.56 Å². The fraction of sp³-hybridized carbons (Fsp3) is 0.200. The molecule has 3 heterocycles. The quantitative estimate of drug-likeness (QED) is 0.224. The first-order chi connectivity index (χ1) is 14.5. The van der Waals surface area contributed by atoms with Gasteiger partial charge in [-0.1, -0.05) is 23.2 Å². The molecule has 2 aromatic heterocycles. The zero-order valence-electron chi connectivity index (χ0n) is 15.8. The second-order valence-electron chi connectivity index (χ2n) is 6.71. The van der Waals surface area contributed by atoms with E-state index in [1.807, 2.05) is 6.07 Å². The topological polar surface area (TPSA) is 83.5 Å². The third-order valence-corrected chi connectivity index (χ3v) is 6.42. The number of halogens is 3. The van der Waals surface area contributed by atoms with Gasteiger partial charge in [-0.25, -0.2) is 23.1 Å². The molecule has 1 aliphatic rings. The van der Waals surface area contributed by atoms with Gasteiger partial charge in [-0.3, -0.25) is 0 Å². The Hall–Kier alpha value is -2.01. The smallest absolute Gasteiger partial charge is 0.136 e. The van der Waals surface area contributed by atoms with Crippen LogP contribution in [0.3, 0.4) is 0 Å². The summed E-state index contributed by atoms with van der Waals surface area (Å²) in [6, 6.07) is 7.11. The van der Waals surface area contributed by atoms with Crippen LogP contribution in [0, 0.1) is 0 Å². The second kappa shape index (κ2) is 9.42. The Bertz CT molecular complexity index is 1070. The van der Waals surface area contributed by atoms with Crippen molar-refractivity contribution in [1.29, 1.82) is 0 Å². The van der Waals surface area contributed by atoms with Crippen molar-refractivity contribution in [3.63, 3.8) is 0 Å². The molecule has 0 aliphatic carbocycles. The molecule has 0 spiro atoms. The number of hydrogen-bond acceptors (Lipinski definition) is 6. The first-order valence-corrected chi connectivity index (χ1v) is 10.9. The normalized spacial score (nSPS) is 15.4. The Morgan fingerprint density at radius 2 is 1.73 bits per heavy atom. The van der Waals surface area contributed by atoms with Crippen molar-refractivity contribution >= 4 is 63.4 Å². The summed E-state index contributed by atoms with van der Waals surface area (Å²) in [5.74, 6) is 1.23. The Labute approximate surface area is 198 Å². The summed E-state index contributed by atoms with van der Waals surface area (Å²) in [6.45, 7) is 3.72. The van der Waals surface area contributed by atoms with Crippen LogP contribution >= 0.6 is 46.1 Å². The van der Waals surface area contributed by atoms with Gasteiger partial charge in [0.05, 0.1) is 15.7 Å². The van der Waals surface area contributed by atoms with E-state index < -0.39 is 0 Å². The third kappa shape index (κ3) is 4.83. The molecule has 1 aliphatic heterocycles. The number of benzene rings is 1. The standard InChI is InChI=1S/C20H18Cl2IN7/c21-17-2-1-15(8-18(17)22)28-19(24)13-7-16(14-9-25-12-26-10-14)20(27-11-13)29-3-5-30(23)6-4-29/h1-2,7-12H,3-6H2,(H2,24,28). The molecule has 7 nitrogen and oxygen atoms in total. The molecule has 0 radical (unpaired) electrons. The van der Waals surface area contributed by atoms with Gasteiger partial charge >= 0.3 is 0 Å². The predicted octanol–water partition coefficient (Wildman–Crippen LogP) is 4.35. The van der Waals surface area contributed by atoms with Crippen molar-refractivity contribution in [1.82, 2.24) is 18.1 Å². The lowest BCUT2D eigenvalue weighted by Gasteiger charge is -2.33. The van der Waals surface area contributed by atoms with E-state index in [4.69, 9.17) is 33.9 Å². The van der Waals surface area contributed by atoms with Gasteiger partial charge in [0.15, 0.2) is 0 Å². The van der Waals surface area contributed by atoms with E-state index in [0.29, 0.717) is 27.1 Å². The highest BCUT2D eigenvalue weighted by Crippen LogP contribution is 2.31. The third-order valence-electron chi connectivity index (χ3n) is 4.71. The molecule has 0 atom stereocenters. The molecule has 3 aromatic rings. The van der Waals surface area contributed by atoms with Crippen molar-refractivity contribution in [2.75, 3.05) is 31.1 Å². The summed E-state index contributed by atoms with van der Waals surface area (Å²) in [7, 11) is 0. The zero-order valence-corrected chi connectivity index (χ0v) is 19.5. The van der Waals surface area contributed by atoms with E-state index in [9.17, 15) is 0 Å². The molecule has 154 valence electrons. The number of aromatic nitrogens is 3. The Kier molecular flexibility index (Phi) is 6.67. The maximum atomic E-state index is 6.29. The Morgan fingerprint density at radius 1 is 1.00 bits per heavy atom. The average Bonchev–Trinajstić information content (AvgIpc) is 2.77. The number of rotatable bonds is 4. The molecule has 10 heteroatoms. The lowest BCUT2D eigenvalue weighted by atomic mass is 10.1. The van der Waals surface area contributed by atoms with Gasteiger partial charge in [-0.2, -0.15) is 0 Å². The molecule has 1 fully saturated rings. The van der Waals surface area contributed by atoms with Crippen molar-refractivity contribution in [2.45, 2.75) is 0 Å². The number of piperazine rings is 1. The molecule has 0 saturated carbocycles. The van der Waals surface area contributed by atoms with Gasteiger partial charge < -0.3 is 10.6 Å². The Morgan fingerprint density at radius 3 is 2.43 bits per heavy atom. The monoisotopic (exact) mass is 553 g/mol. The van der Waals surface area contributed by atoms with Crippen molar-refractivity contribution < 1.29 is 0 Å². The van der Waals surface area contributed by atoms with E-state index in [1.54, 1.807) is 36.8 Å². The van der Waals surface area contributed by atoms with Gasteiger partial charge in [0.25, 0.3) is 0 Å². The van der Waals surface area contributed by atoms with Gasteiger partial charge in [-0.15, -0.1) is 0 Å². The van der Waals surface area contributed by atoms with Gasteiger partial charge in [0.1, 0.15) is 18.0 Å². The van der Waals surface area contributed by atoms with E-state index in [0.717, 1.165) is 43.1 Å². The van der Waals surface area contributed by atoms with Gasteiger partial charge in [0, 0.05) is 84.3 Å². The van der Waals surface area contributed by atoms with Crippen molar-refractivity contribution in [2.24, 2.45) is 10.7 Å². The molecule has 0 bridgehead atoms. The summed E-state index contributed by atoms with van der Waals surface area (Å²) in [6.07, 6.45) is 6.81. The van der Waals surface area contributed by atoms with Crippen molar-refractivity contribution in [3.8, 4) is 11.1 Å². The minimum Gasteiger partial charge on any atom is -0.383 e. The summed E-state index contributed by atoms with van der Waals surface area (Å²) in [4.78, 5) is 19.8. The van der Waals surface area contributed by atoms with E-state index in [-0.39, 0.29) is 0 Å². The number of nitrogens with two attached hydrogens (primary N) is 1. The van der Waals surface area contributed by atoms with E-state index in [1.165, 1.54) is 6.33 Å². The molecule has 1 aromatic carbocycles. The summed E-state index contributed by atoms with van der Waals surface area (Å²) in [5.41, 5.74) is 9.41. The van der Waals surface area contributed by atoms with Crippen LogP contribution in [0.15, 0.2) is 54.2 Å². The highest BCUT2D eigenvalue weighted by Gasteiger charge is 2.21. The van der Waals surface area contributed by atoms with Gasteiger partial charge in [0.2, 0.25) is 0 Å². The van der Waals surface area contributed by atoms with Gasteiger partial charge in [-0.05, 0) is 24.3 Å². The average molecular weight is 554 g/mol. The molecule has 0 amide bonds. The second-order valence-corrected chi connectivity index (χ2v) is 8.89. The maximum absolute atomic E-state index is 6.29. The fourth-order valence-electron chi connectivity index (χ4n) is 3.15. The molecular formula is C20H18Cl2IN7. The highest BCUT2D eigenvalue weighted by atomic mass is 127. The number of anilines is 1. The Balaban J connectivity index is 1.73. The van der Waals surface area contributed by atoms with Crippen molar-refractivity contribution in [3.05, 3.63) is 64.8 Å². The van der Waals surface area contributed by atoms with Crippen LogP contribution in [0.5, 0.6) is 0 Å². The number of pyridine rings is 1. The molecule has 2 N–H and O–H groups in total. The number of hydrogen-bond donors (Lipinski definition) is 1. The molecule has 4 rings (SSSR count). The maximum Gasteiger partial charge on any atom is 0.136 e. The van der Waals surface area contributed by atoms with Crippen LogP contribution in [0.25, 0.3) is 11.1 Å². The SMILES string of the molecule is NC(=Nc1ccc(Cl)c(Cl)c1)c1cnc(N2CCN(I)CC2)c(-c2cncnc2)c1. The number of aliphatic imine (C=N–C) groups is 1. The van der Waals surface area contributed by atoms with E-state index in [2.05, 4.69) is 45.8 Å². The van der Waals surface area contributed by atoms with Crippen LogP contribution in [-0.2, 0) is 0 Å². The highest BCUT2D eigenvalue weighted by molar-refractivity contribution is 14.1. The molecule has 30 heavy (non-hydrogen) atoms. The lowest BCUT2D eigenvalue weighted by Crippen LogP contribution is -2.42. The molecular weight excluding hydrogens is 536 g/mol. The number of amidine groups is 1. The first-order valence-electron chi connectivity index (χ1n) is 9.22. The summed E-state index contributed by atoms with van der Waals surface area (Å²) >= 11 is 14.4. The van der Waals surface area contributed by atoms with Crippen LogP contribution in [-0.4, -0.2) is 50.1 Å². The fourth-order valence-corrected chi connectivity index (χ4v) is 3.88. The summed E-state index contributed by atoms with van der Waals surface area (Å²) in [5, 5.41) is 0.897. The van der Waals surface area contributed by atoms with Crippen LogP contribution < -0.4 is 10.6 Å². The predicted molar refractivity (Wildman–Crippen MR) is 130 cm³/mol. The lowest BCUT2D eigenvalue weighted by molar-refractivity contribution is 0.458. The molecule has 0 unspecified atom stereocenters. The minimum absolute atomic E-state index is 0.336. The largest absolute Gasteiger partial charge is 0.383 e. The summed E-state index contributed by atoms with van der Waals surface area (Å²) < 4.78 is 2.27. The first kappa shape index (κ1) is 21.2. The minimum atomic E-state index is 0.336. The van der Waals surface area contributed by atoms with Crippen LogP contribution in [0.4, 0.5) is 11.5 Å². The van der Waals surface area contributed by atoms with Crippen LogP contribution in [0.2, 0.25) is 10.0 Å². The van der Waals surface area contributed by atoms with E-state index >= 15 is 0 Å². The number of nitrogens with zero attached hydrogens (tertiary/aromatic N) is 6. The zero-order chi connectivity index (χ0) is 21.1.